The number of hydrogen-bond donors (Lipinski definition) is 0. The van der Waals surface area contributed by atoms with Crippen molar-refractivity contribution in [2.75, 3.05) is 0 Å². The zero-order valence-corrected chi connectivity index (χ0v) is 10.5. The molecule has 1 aromatic heterocycles. The number of hydrogen-bond acceptors (Lipinski definition) is 1. The summed E-state index contributed by atoms with van der Waals surface area (Å²) in [4.78, 5) is 0. The van der Waals surface area contributed by atoms with Gasteiger partial charge in [0.1, 0.15) is 5.58 Å². The molecule has 0 amide bonds. The van der Waals surface area contributed by atoms with Crippen LogP contribution in [0.25, 0.3) is 22.1 Å². The first-order valence-electron chi connectivity index (χ1n) is 6.44. The van der Waals surface area contributed by atoms with Gasteiger partial charge in [0.2, 0.25) is 0 Å². The van der Waals surface area contributed by atoms with Crippen molar-refractivity contribution in [1.29, 1.82) is 0 Å². The van der Waals surface area contributed by atoms with E-state index in [2.05, 4.69) is 49.4 Å². The standard InChI is InChI=1S/C17H16O/c1-2-6-13-9-10-17-15(11-13)16(12-18-17)14-7-4-3-5-8-14/h3-5,7-12H,2,6H2,1H3. The highest BCUT2D eigenvalue weighted by Crippen LogP contribution is 2.31. The van der Waals surface area contributed by atoms with Crippen LogP contribution in [0.5, 0.6) is 0 Å². The normalized spacial score (nSPS) is 10.9. The van der Waals surface area contributed by atoms with Crippen LogP contribution in [0.3, 0.4) is 0 Å². The molecule has 0 radical (unpaired) electrons. The fourth-order valence-corrected chi connectivity index (χ4v) is 2.36. The van der Waals surface area contributed by atoms with E-state index in [-0.39, 0.29) is 0 Å². The molecule has 2 aromatic carbocycles. The molecule has 0 N–H and O–H groups in total. The summed E-state index contributed by atoms with van der Waals surface area (Å²) in [7, 11) is 0. The molecule has 1 heteroatoms. The third kappa shape index (κ3) is 1.92. The second-order valence-electron chi connectivity index (χ2n) is 4.60. The van der Waals surface area contributed by atoms with Crippen LogP contribution in [0.15, 0.2) is 59.2 Å². The van der Waals surface area contributed by atoms with Crippen LogP contribution >= 0.6 is 0 Å². The molecule has 1 nitrogen and oxygen atoms in total. The van der Waals surface area contributed by atoms with Gasteiger partial charge in [-0.2, -0.15) is 0 Å². The van der Waals surface area contributed by atoms with Gasteiger partial charge < -0.3 is 4.42 Å². The summed E-state index contributed by atoms with van der Waals surface area (Å²) >= 11 is 0. The van der Waals surface area contributed by atoms with Crippen molar-refractivity contribution in [3.63, 3.8) is 0 Å². The van der Waals surface area contributed by atoms with E-state index < -0.39 is 0 Å². The molecule has 1 heterocycles. The summed E-state index contributed by atoms with van der Waals surface area (Å²) < 4.78 is 5.64. The Hall–Kier alpha value is -2.02. The summed E-state index contributed by atoms with van der Waals surface area (Å²) in [5.41, 5.74) is 4.74. The lowest BCUT2D eigenvalue weighted by molar-refractivity contribution is 0.617. The van der Waals surface area contributed by atoms with Crippen LogP contribution in [0.4, 0.5) is 0 Å². The molecule has 3 rings (SSSR count). The minimum absolute atomic E-state index is 0.966. The van der Waals surface area contributed by atoms with E-state index in [0.29, 0.717) is 0 Å². The van der Waals surface area contributed by atoms with E-state index in [1.807, 2.05) is 12.3 Å². The Bertz CT molecular complexity index is 650. The van der Waals surface area contributed by atoms with Crippen LogP contribution in [0, 0.1) is 0 Å². The quantitative estimate of drug-likeness (QED) is 0.620. The summed E-state index contributed by atoms with van der Waals surface area (Å²) in [6.07, 6.45) is 4.15. The van der Waals surface area contributed by atoms with Crippen molar-refractivity contribution >= 4 is 11.0 Å². The van der Waals surface area contributed by atoms with Gasteiger partial charge in [0.15, 0.2) is 0 Å². The van der Waals surface area contributed by atoms with E-state index in [9.17, 15) is 0 Å². The maximum atomic E-state index is 5.64. The average molecular weight is 236 g/mol. The molecule has 18 heavy (non-hydrogen) atoms. The smallest absolute Gasteiger partial charge is 0.134 e. The van der Waals surface area contributed by atoms with Crippen molar-refractivity contribution in [2.45, 2.75) is 19.8 Å². The van der Waals surface area contributed by atoms with Gasteiger partial charge in [0.05, 0.1) is 6.26 Å². The van der Waals surface area contributed by atoms with E-state index in [1.54, 1.807) is 0 Å². The Labute approximate surface area is 107 Å². The van der Waals surface area contributed by atoms with Gasteiger partial charge in [-0.15, -0.1) is 0 Å². The number of benzene rings is 2. The Morgan fingerprint density at radius 2 is 1.83 bits per heavy atom. The lowest BCUT2D eigenvalue weighted by Gasteiger charge is -2.01. The highest BCUT2D eigenvalue weighted by molar-refractivity contribution is 5.94. The molecule has 0 unspecified atom stereocenters. The Kier molecular flexibility index (Phi) is 2.89. The predicted molar refractivity (Wildman–Crippen MR) is 75.6 cm³/mol. The van der Waals surface area contributed by atoms with Crippen LogP contribution < -0.4 is 0 Å². The summed E-state index contributed by atoms with van der Waals surface area (Å²) in [5.74, 6) is 0. The summed E-state index contributed by atoms with van der Waals surface area (Å²) in [5, 5.41) is 1.21. The van der Waals surface area contributed by atoms with Crippen LogP contribution in [0.1, 0.15) is 18.9 Å². The predicted octanol–water partition coefficient (Wildman–Crippen LogP) is 5.05. The zero-order valence-electron chi connectivity index (χ0n) is 10.5. The molecule has 0 saturated heterocycles. The van der Waals surface area contributed by atoms with Gasteiger partial charge in [-0.25, -0.2) is 0 Å². The molecule has 3 aromatic rings. The maximum Gasteiger partial charge on any atom is 0.134 e. The van der Waals surface area contributed by atoms with Crippen molar-refractivity contribution in [3.05, 3.63) is 60.4 Å². The third-order valence-corrected chi connectivity index (χ3v) is 3.26. The Balaban J connectivity index is 2.15. The molecular formula is C17H16O. The zero-order chi connectivity index (χ0) is 12.4. The van der Waals surface area contributed by atoms with E-state index in [0.717, 1.165) is 12.0 Å². The summed E-state index contributed by atoms with van der Waals surface area (Å²) in [6, 6.07) is 16.9. The fraction of sp³-hybridized carbons (Fsp3) is 0.176. The first-order chi connectivity index (χ1) is 8.88. The molecule has 0 aliphatic heterocycles. The van der Waals surface area contributed by atoms with Gasteiger partial charge in [0.25, 0.3) is 0 Å². The van der Waals surface area contributed by atoms with Crippen molar-refractivity contribution in [1.82, 2.24) is 0 Å². The lowest BCUT2D eigenvalue weighted by atomic mass is 10.0. The van der Waals surface area contributed by atoms with Gasteiger partial charge in [-0.1, -0.05) is 49.7 Å². The molecule has 0 spiro atoms. The average Bonchev–Trinajstić information content (AvgIpc) is 2.83. The van der Waals surface area contributed by atoms with Gasteiger partial charge in [-0.3, -0.25) is 0 Å². The van der Waals surface area contributed by atoms with E-state index in [4.69, 9.17) is 4.42 Å². The SMILES string of the molecule is CCCc1ccc2occ(-c3ccccc3)c2c1. The van der Waals surface area contributed by atoms with Crippen LogP contribution in [-0.4, -0.2) is 0 Å². The van der Waals surface area contributed by atoms with Gasteiger partial charge in [0, 0.05) is 10.9 Å². The molecule has 90 valence electrons. The first-order valence-corrected chi connectivity index (χ1v) is 6.44. The maximum absolute atomic E-state index is 5.64. The lowest BCUT2D eigenvalue weighted by Crippen LogP contribution is -1.82. The number of fused-ring (bicyclic) bond motifs is 1. The number of furan rings is 1. The third-order valence-electron chi connectivity index (χ3n) is 3.26. The monoisotopic (exact) mass is 236 g/mol. The molecule has 0 saturated carbocycles. The molecular weight excluding hydrogens is 220 g/mol. The van der Waals surface area contributed by atoms with Crippen molar-refractivity contribution in [3.8, 4) is 11.1 Å². The van der Waals surface area contributed by atoms with Crippen LogP contribution in [0.2, 0.25) is 0 Å². The van der Waals surface area contributed by atoms with E-state index in [1.165, 1.54) is 28.5 Å². The topological polar surface area (TPSA) is 13.1 Å². The first kappa shape index (κ1) is 11.1. The highest BCUT2D eigenvalue weighted by atomic mass is 16.3. The Morgan fingerprint density at radius 1 is 1.00 bits per heavy atom. The fourth-order valence-electron chi connectivity index (χ4n) is 2.36. The molecule has 0 atom stereocenters. The largest absolute Gasteiger partial charge is 0.464 e. The minimum Gasteiger partial charge on any atom is -0.464 e. The highest BCUT2D eigenvalue weighted by Gasteiger charge is 2.08. The van der Waals surface area contributed by atoms with Crippen molar-refractivity contribution in [2.24, 2.45) is 0 Å². The van der Waals surface area contributed by atoms with Gasteiger partial charge >= 0.3 is 0 Å². The second-order valence-corrected chi connectivity index (χ2v) is 4.60. The Morgan fingerprint density at radius 3 is 2.61 bits per heavy atom. The number of aryl methyl sites for hydroxylation is 1. The number of rotatable bonds is 3. The molecule has 0 fully saturated rings. The second kappa shape index (κ2) is 4.69. The summed E-state index contributed by atoms with van der Waals surface area (Å²) in [6.45, 7) is 2.21. The van der Waals surface area contributed by atoms with Gasteiger partial charge in [-0.05, 0) is 29.7 Å². The van der Waals surface area contributed by atoms with E-state index >= 15 is 0 Å². The molecule has 0 aliphatic carbocycles. The van der Waals surface area contributed by atoms with Crippen LogP contribution in [-0.2, 0) is 6.42 Å². The molecule has 0 aliphatic rings. The molecule has 0 bridgehead atoms. The minimum atomic E-state index is 0.966. The van der Waals surface area contributed by atoms with Crippen molar-refractivity contribution < 1.29 is 4.42 Å².